The molecule has 0 fully saturated rings. The summed E-state index contributed by atoms with van der Waals surface area (Å²) in [5.41, 5.74) is 6.19. The monoisotopic (exact) mass is 331 g/mol. The second kappa shape index (κ2) is 6.15. The van der Waals surface area contributed by atoms with Crippen LogP contribution in [-0.2, 0) is 6.18 Å². The maximum Gasteiger partial charge on any atom is 0.416 e. The molecular weight excluding hydrogens is 319 g/mol. The molecule has 0 radical (unpaired) electrons. The highest BCUT2D eigenvalue weighted by Gasteiger charge is 2.30. The first kappa shape index (κ1) is 15.7. The Kier molecular flexibility index (Phi) is 4.03. The van der Waals surface area contributed by atoms with E-state index in [1.807, 2.05) is 0 Å². The molecule has 3 rings (SSSR count). The molecule has 2 heterocycles. The van der Waals surface area contributed by atoms with Gasteiger partial charge in [0.2, 0.25) is 5.95 Å². The molecule has 1 aromatic carbocycles. The summed E-state index contributed by atoms with van der Waals surface area (Å²) in [6.07, 6.45) is -1.22. The summed E-state index contributed by atoms with van der Waals surface area (Å²) in [6, 6.07) is 9.92. The highest BCUT2D eigenvalue weighted by atomic mass is 19.4. The second-order valence-electron chi connectivity index (χ2n) is 4.94. The number of alkyl halides is 3. The molecule has 0 aliphatic rings. The molecule has 0 saturated carbocycles. The first-order valence-electron chi connectivity index (χ1n) is 6.91. The van der Waals surface area contributed by atoms with Gasteiger partial charge in [0.25, 0.3) is 0 Å². The Morgan fingerprint density at radius 1 is 1.00 bits per heavy atom. The van der Waals surface area contributed by atoms with Crippen LogP contribution in [0.2, 0.25) is 0 Å². The number of hydrogen-bond donors (Lipinski definition) is 2. The van der Waals surface area contributed by atoms with Gasteiger partial charge in [-0.2, -0.15) is 18.2 Å². The van der Waals surface area contributed by atoms with E-state index in [0.717, 1.165) is 12.1 Å². The summed E-state index contributed by atoms with van der Waals surface area (Å²) < 4.78 is 38.6. The third kappa shape index (κ3) is 3.60. The van der Waals surface area contributed by atoms with Gasteiger partial charge >= 0.3 is 6.18 Å². The predicted octanol–water partition coefficient (Wildman–Crippen LogP) is 3.88. The van der Waals surface area contributed by atoms with Crippen LogP contribution in [0.25, 0.3) is 11.3 Å². The number of hydrogen-bond acceptors (Lipinski definition) is 5. The predicted molar refractivity (Wildman–Crippen MR) is 84.4 cm³/mol. The minimum atomic E-state index is -4.43. The Morgan fingerprint density at radius 3 is 2.54 bits per heavy atom. The van der Waals surface area contributed by atoms with Crippen LogP contribution >= 0.6 is 0 Å². The Morgan fingerprint density at radius 2 is 1.83 bits per heavy atom. The number of nitrogen functional groups attached to an aromatic ring is 1. The number of nitrogens with one attached hydrogen (secondary N) is 1. The van der Waals surface area contributed by atoms with E-state index < -0.39 is 11.7 Å². The lowest BCUT2D eigenvalue weighted by atomic mass is 10.1. The normalized spacial score (nSPS) is 11.3. The molecule has 5 nitrogen and oxygen atoms in total. The number of nitrogens with zero attached hydrogens (tertiary/aromatic N) is 3. The van der Waals surface area contributed by atoms with E-state index >= 15 is 0 Å². The molecule has 0 spiro atoms. The fourth-order valence-electron chi connectivity index (χ4n) is 2.12. The van der Waals surface area contributed by atoms with Crippen LogP contribution in [0.5, 0.6) is 0 Å². The van der Waals surface area contributed by atoms with Gasteiger partial charge in [0.15, 0.2) is 0 Å². The van der Waals surface area contributed by atoms with Crippen LogP contribution < -0.4 is 11.1 Å². The Labute approximate surface area is 135 Å². The van der Waals surface area contributed by atoms with Crippen LogP contribution in [-0.4, -0.2) is 15.0 Å². The first-order valence-corrected chi connectivity index (χ1v) is 6.91. The van der Waals surface area contributed by atoms with E-state index in [1.165, 1.54) is 18.2 Å². The Hall–Kier alpha value is -3.16. The quantitative estimate of drug-likeness (QED) is 0.761. The molecule has 0 unspecified atom stereocenters. The van der Waals surface area contributed by atoms with Gasteiger partial charge in [-0.25, -0.2) is 4.98 Å². The van der Waals surface area contributed by atoms with Crippen LogP contribution in [0.3, 0.4) is 0 Å². The lowest BCUT2D eigenvalue weighted by molar-refractivity contribution is -0.137. The molecule has 0 aliphatic carbocycles. The van der Waals surface area contributed by atoms with Crippen molar-refractivity contribution in [3.8, 4) is 11.3 Å². The molecule has 8 heteroatoms. The zero-order chi connectivity index (χ0) is 17.2. The van der Waals surface area contributed by atoms with E-state index in [1.54, 1.807) is 24.5 Å². The Balaban J connectivity index is 1.97. The van der Waals surface area contributed by atoms with Crippen molar-refractivity contribution >= 4 is 17.5 Å². The van der Waals surface area contributed by atoms with Crippen LogP contribution in [0, 0.1) is 0 Å². The number of pyridine rings is 1. The van der Waals surface area contributed by atoms with E-state index in [0.29, 0.717) is 22.8 Å². The summed E-state index contributed by atoms with van der Waals surface area (Å²) in [4.78, 5) is 12.0. The molecule has 0 bridgehead atoms. The van der Waals surface area contributed by atoms with Crippen molar-refractivity contribution in [3.63, 3.8) is 0 Å². The molecule has 122 valence electrons. The van der Waals surface area contributed by atoms with Crippen molar-refractivity contribution in [1.82, 2.24) is 15.0 Å². The highest BCUT2D eigenvalue weighted by Crippen LogP contribution is 2.32. The van der Waals surface area contributed by atoms with Crippen molar-refractivity contribution in [2.24, 2.45) is 0 Å². The summed E-state index contributed by atoms with van der Waals surface area (Å²) in [7, 11) is 0. The van der Waals surface area contributed by atoms with Crippen LogP contribution in [0.4, 0.5) is 30.6 Å². The van der Waals surface area contributed by atoms with Gasteiger partial charge in [0, 0.05) is 17.8 Å². The van der Waals surface area contributed by atoms with Crippen molar-refractivity contribution in [2.45, 2.75) is 6.18 Å². The number of benzene rings is 1. The molecule has 24 heavy (non-hydrogen) atoms. The van der Waals surface area contributed by atoms with Gasteiger partial charge in [-0.15, -0.1) is 0 Å². The fraction of sp³-hybridized carbons (Fsp3) is 0.0625. The van der Waals surface area contributed by atoms with Crippen molar-refractivity contribution < 1.29 is 13.2 Å². The minimum absolute atomic E-state index is 0.0451. The van der Waals surface area contributed by atoms with E-state index in [2.05, 4.69) is 20.3 Å². The molecule has 0 saturated heterocycles. The highest BCUT2D eigenvalue weighted by molar-refractivity contribution is 5.67. The van der Waals surface area contributed by atoms with Gasteiger partial charge in [0.1, 0.15) is 5.82 Å². The van der Waals surface area contributed by atoms with Crippen molar-refractivity contribution in [1.29, 1.82) is 0 Å². The second-order valence-corrected chi connectivity index (χ2v) is 4.94. The van der Waals surface area contributed by atoms with Gasteiger partial charge in [-0.3, -0.25) is 4.98 Å². The SMILES string of the molecule is Nc1nc(Nc2cccnc2)cc(-c2cccc(C(F)(F)F)c2)n1. The van der Waals surface area contributed by atoms with Crippen LogP contribution in [0.15, 0.2) is 54.9 Å². The lowest BCUT2D eigenvalue weighted by Gasteiger charge is -2.10. The fourth-order valence-corrected chi connectivity index (χ4v) is 2.12. The summed E-state index contributed by atoms with van der Waals surface area (Å²) in [5.74, 6) is 0.319. The number of anilines is 3. The van der Waals surface area contributed by atoms with Gasteiger partial charge in [-0.1, -0.05) is 12.1 Å². The molecule has 0 amide bonds. The average molecular weight is 331 g/mol. The largest absolute Gasteiger partial charge is 0.416 e. The minimum Gasteiger partial charge on any atom is -0.368 e. The summed E-state index contributed by atoms with van der Waals surface area (Å²) >= 11 is 0. The van der Waals surface area contributed by atoms with Gasteiger partial charge < -0.3 is 11.1 Å². The van der Waals surface area contributed by atoms with E-state index in [-0.39, 0.29) is 5.95 Å². The van der Waals surface area contributed by atoms with Crippen molar-refractivity contribution in [3.05, 3.63) is 60.4 Å². The number of aromatic nitrogens is 3. The topological polar surface area (TPSA) is 76.7 Å². The number of nitrogens with two attached hydrogens (primary N) is 1. The zero-order valence-corrected chi connectivity index (χ0v) is 12.2. The van der Waals surface area contributed by atoms with Crippen LogP contribution in [0.1, 0.15) is 5.56 Å². The third-order valence-corrected chi connectivity index (χ3v) is 3.16. The van der Waals surface area contributed by atoms with E-state index in [4.69, 9.17) is 5.73 Å². The van der Waals surface area contributed by atoms with Crippen molar-refractivity contribution in [2.75, 3.05) is 11.1 Å². The molecule has 2 aromatic heterocycles. The lowest BCUT2D eigenvalue weighted by Crippen LogP contribution is -2.05. The third-order valence-electron chi connectivity index (χ3n) is 3.16. The molecule has 0 atom stereocenters. The standard InChI is InChI=1S/C16H12F3N5/c17-16(18,19)11-4-1-3-10(7-11)13-8-14(24-15(20)23-13)22-12-5-2-6-21-9-12/h1-9H,(H3,20,22,23,24). The molecular formula is C16H12F3N5. The summed E-state index contributed by atoms with van der Waals surface area (Å²) in [5, 5.41) is 2.98. The maximum atomic E-state index is 12.9. The molecule has 3 N–H and O–H groups in total. The number of rotatable bonds is 3. The van der Waals surface area contributed by atoms with Gasteiger partial charge in [-0.05, 0) is 24.3 Å². The molecule has 3 aromatic rings. The zero-order valence-electron chi connectivity index (χ0n) is 12.2. The molecule has 0 aliphatic heterocycles. The number of halogens is 3. The average Bonchev–Trinajstić information content (AvgIpc) is 2.54. The smallest absolute Gasteiger partial charge is 0.368 e. The Bertz CT molecular complexity index is 850. The summed E-state index contributed by atoms with van der Waals surface area (Å²) in [6.45, 7) is 0. The van der Waals surface area contributed by atoms with Gasteiger partial charge in [0.05, 0.1) is 23.1 Å². The van der Waals surface area contributed by atoms with E-state index in [9.17, 15) is 13.2 Å². The maximum absolute atomic E-state index is 12.9. The first-order chi connectivity index (χ1) is 11.4.